The van der Waals surface area contributed by atoms with Crippen LogP contribution in [0.15, 0.2) is 78.9 Å². The molecule has 6 N–H and O–H groups in total. The number of ether oxygens (including phenoxy) is 4. The summed E-state index contributed by atoms with van der Waals surface area (Å²) in [5, 5.41) is 22.2. The molecule has 24 heteroatoms. The van der Waals surface area contributed by atoms with Crippen LogP contribution in [0.4, 0.5) is 16.2 Å². The van der Waals surface area contributed by atoms with Crippen LogP contribution in [0.5, 0.6) is 17.2 Å². The molecule has 8 amide bonds. The van der Waals surface area contributed by atoms with Crippen LogP contribution in [-0.4, -0.2) is 181 Å². The number of likely N-dealkylation sites (N-methyl/N-ethyl adjacent to an activating group) is 1. The first kappa shape index (κ1) is 68.3. The first-order chi connectivity index (χ1) is 44.4. The van der Waals surface area contributed by atoms with E-state index in [9.17, 15) is 48.3 Å². The Morgan fingerprint density at radius 2 is 1.50 bits per heavy atom. The van der Waals surface area contributed by atoms with Gasteiger partial charge in [0.25, 0.3) is 17.7 Å². The molecule has 2 saturated heterocycles. The van der Waals surface area contributed by atoms with Gasteiger partial charge in [-0.3, -0.25) is 43.3 Å². The van der Waals surface area contributed by atoms with Crippen molar-refractivity contribution in [1.82, 2.24) is 30.2 Å². The maximum atomic E-state index is 14.4. The van der Waals surface area contributed by atoms with Crippen molar-refractivity contribution in [3.05, 3.63) is 101 Å². The summed E-state index contributed by atoms with van der Waals surface area (Å²) in [5.74, 6) is -3.76. The van der Waals surface area contributed by atoms with E-state index in [1.165, 1.54) is 19.3 Å². The maximum Gasteiger partial charge on any atom is 0.415 e. The normalized spacial score (nSPS) is 19.3. The van der Waals surface area contributed by atoms with Crippen molar-refractivity contribution in [3.8, 4) is 17.2 Å². The van der Waals surface area contributed by atoms with E-state index < -0.39 is 54.0 Å². The Hall–Kier alpha value is -8.12. The molecule has 92 heavy (non-hydrogen) atoms. The van der Waals surface area contributed by atoms with Crippen LogP contribution in [0.25, 0.3) is 10.8 Å². The summed E-state index contributed by atoms with van der Waals surface area (Å²) in [6, 6.07) is 16.7. The Labute approximate surface area is 541 Å². The van der Waals surface area contributed by atoms with Crippen LogP contribution in [-0.2, 0) is 44.9 Å². The summed E-state index contributed by atoms with van der Waals surface area (Å²) in [6.07, 6.45) is 6.92. The second kappa shape index (κ2) is 31.9. The van der Waals surface area contributed by atoms with Gasteiger partial charge in [-0.05, 0) is 130 Å². The van der Waals surface area contributed by atoms with Crippen molar-refractivity contribution in [2.75, 3.05) is 89.2 Å². The first-order valence-corrected chi connectivity index (χ1v) is 32.7. The number of unbranched alkanes of at least 4 members (excludes halogenated alkanes) is 5. The average molecular weight is 1290 g/mol. The molecule has 0 radical (unpaired) electrons. The number of nitrogens with one attached hydrogen (secondary N) is 3. The van der Waals surface area contributed by atoms with E-state index in [1.54, 1.807) is 71.0 Å². The quantitative estimate of drug-likeness (QED) is 0.0160. The molecule has 0 aliphatic carbocycles. The van der Waals surface area contributed by atoms with Crippen LogP contribution in [0.2, 0.25) is 0 Å². The first-order valence-electron chi connectivity index (χ1n) is 32.2. The van der Waals surface area contributed by atoms with Gasteiger partial charge in [0.2, 0.25) is 23.6 Å². The van der Waals surface area contributed by atoms with Crippen molar-refractivity contribution >= 4 is 87.2 Å². The second-order valence-corrected chi connectivity index (χ2v) is 25.0. The topological polar surface area (TPSA) is 289 Å². The van der Waals surface area contributed by atoms with Gasteiger partial charge in [-0.15, -0.1) is 11.6 Å². The molecule has 0 saturated carbocycles. The number of alkyl halides is 1. The van der Waals surface area contributed by atoms with Gasteiger partial charge in [0.15, 0.2) is 11.5 Å². The third kappa shape index (κ3) is 16.4. The summed E-state index contributed by atoms with van der Waals surface area (Å²) in [7, 11) is 3.47. The van der Waals surface area contributed by atoms with Gasteiger partial charge >= 0.3 is 12.1 Å². The third-order valence-corrected chi connectivity index (χ3v) is 18.3. The molecule has 4 aromatic carbocycles. The maximum absolute atomic E-state index is 14.4. The lowest BCUT2D eigenvalue weighted by molar-refractivity contribution is -0.150. The number of hydrogen-bond donors (Lipinski definition) is 5. The fourth-order valence-corrected chi connectivity index (χ4v) is 13.0. The van der Waals surface area contributed by atoms with Gasteiger partial charge in [0.1, 0.15) is 30.4 Å². The lowest BCUT2D eigenvalue weighted by atomic mass is 9.87. The van der Waals surface area contributed by atoms with E-state index in [0.29, 0.717) is 125 Å². The molecule has 5 aliphatic rings. The number of rotatable bonds is 29. The number of esters is 1. The van der Waals surface area contributed by atoms with Crippen LogP contribution in [0.3, 0.4) is 0 Å². The van der Waals surface area contributed by atoms with E-state index in [1.807, 2.05) is 31.3 Å². The number of methoxy groups -OCH3 is 1. The van der Waals surface area contributed by atoms with Gasteiger partial charge in [0, 0.05) is 105 Å². The Morgan fingerprint density at radius 3 is 2.21 bits per heavy atom. The largest absolute Gasteiger partial charge is 0.493 e. The molecule has 0 aromatic heterocycles. The van der Waals surface area contributed by atoms with Crippen molar-refractivity contribution in [3.63, 3.8) is 0 Å². The number of fused-ring (bicyclic) bond motifs is 5. The van der Waals surface area contributed by atoms with E-state index >= 15 is 0 Å². The molecule has 2 unspecified atom stereocenters. The smallest absolute Gasteiger partial charge is 0.415 e. The Bertz CT molecular complexity index is 3370. The van der Waals surface area contributed by atoms with Crippen LogP contribution in [0, 0.1) is 5.92 Å². The average Bonchev–Trinajstić information content (AvgIpc) is 1.57. The molecule has 0 spiro atoms. The molecule has 5 aliphatic heterocycles. The molecule has 5 heterocycles. The number of amides is 8. The van der Waals surface area contributed by atoms with Crippen molar-refractivity contribution in [1.29, 1.82) is 0 Å². The van der Waals surface area contributed by atoms with Crippen molar-refractivity contribution < 1.29 is 67.2 Å². The van der Waals surface area contributed by atoms with Gasteiger partial charge in [-0.2, -0.15) is 0 Å². The number of carbonyl (C=O) groups excluding carboxylic acids is 9. The van der Waals surface area contributed by atoms with Crippen LogP contribution < -0.4 is 40.8 Å². The highest BCUT2D eigenvalue weighted by Gasteiger charge is 2.47. The van der Waals surface area contributed by atoms with E-state index in [4.69, 9.17) is 36.3 Å². The Balaban J connectivity index is 0.791. The number of anilines is 2. The minimum Gasteiger partial charge on any atom is -0.493 e. The molecule has 494 valence electrons. The van der Waals surface area contributed by atoms with Gasteiger partial charge in [-0.25, -0.2) is 4.79 Å². The number of nitrogens with two attached hydrogens (primary N) is 1. The SMILES string of the molecule is COc1cc2c(cc1OCCCCCC(=O)N1C[C@@H](CCl)c3c1cc(OC(=O)N1CCN(C)CC1)c1ccccc31)C(C(=O)OCc1ccc(NC(=O)[C@H](CCCCN)NC(=O)[C@@H](NC(=O)CCCCCN3C(=O)C=CC3=O)C(C)C)cc1)C(O)[C@H]1CCCN1C2=O. The lowest BCUT2D eigenvalue weighted by Gasteiger charge is -2.31. The molecule has 0 bridgehead atoms. The highest BCUT2D eigenvalue weighted by atomic mass is 35.5. The van der Waals surface area contributed by atoms with Gasteiger partial charge in [-0.1, -0.05) is 56.7 Å². The lowest BCUT2D eigenvalue weighted by Crippen LogP contribution is -2.54. The zero-order valence-electron chi connectivity index (χ0n) is 53.0. The summed E-state index contributed by atoms with van der Waals surface area (Å²) >= 11 is 6.56. The van der Waals surface area contributed by atoms with E-state index in [2.05, 4.69) is 20.9 Å². The van der Waals surface area contributed by atoms with Crippen LogP contribution >= 0.6 is 11.6 Å². The van der Waals surface area contributed by atoms with Crippen molar-refractivity contribution in [2.24, 2.45) is 11.7 Å². The van der Waals surface area contributed by atoms with Crippen molar-refractivity contribution in [2.45, 2.75) is 140 Å². The fraction of sp³-hybridized carbons (Fsp3) is 0.515. The number of aliphatic hydroxyl groups excluding tert-OH is 1. The molecule has 4 aromatic rings. The number of halogens is 1. The molecule has 9 rings (SSSR count). The molecular formula is C68H86ClN9O14. The summed E-state index contributed by atoms with van der Waals surface area (Å²) in [5.41, 5.74) is 8.79. The number of carbonyl (C=O) groups is 9. The molecule has 2 fully saturated rings. The number of hydrogen-bond acceptors (Lipinski definition) is 16. The number of benzene rings is 4. The predicted molar refractivity (Wildman–Crippen MR) is 345 cm³/mol. The predicted octanol–water partition coefficient (Wildman–Crippen LogP) is 6.89. The highest BCUT2D eigenvalue weighted by Crippen LogP contribution is 2.47. The summed E-state index contributed by atoms with van der Waals surface area (Å²) < 4.78 is 24.1. The zero-order chi connectivity index (χ0) is 65.6. The van der Waals surface area contributed by atoms with E-state index in [-0.39, 0.29) is 103 Å². The molecule has 6 atom stereocenters. The minimum atomic E-state index is -1.32. The fourth-order valence-electron chi connectivity index (χ4n) is 12.7. The number of nitrogens with zero attached hydrogens (tertiary/aromatic N) is 5. The van der Waals surface area contributed by atoms with Crippen LogP contribution in [0.1, 0.15) is 136 Å². The van der Waals surface area contributed by atoms with Gasteiger partial charge < -0.3 is 65.3 Å². The highest BCUT2D eigenvalue weighted by molar-refractivity contribution is 6.19. The van der Waals surface area contributed by atoms with E-state index in [0.717, 1.165) is 34.3 Å². The third-order valence-electron chi connectivity index (χ3n) is 18.0. The van der Waals surface area contributed by atoms with Gasteiger partial charge in [0.05, 0.1) is 31.5 Å². The Kier molecular flexibility index (Phi) is 23.7. The zero-order valence-corrected chi connectivity index (χ0v) is 53.7. The summed E-state index contributed by atoms with van der Waals surface area (Å²) in [6.45, 7) is 7.60. The number of imide groups is 1. The molecule has 23 nitrogen and oxygen atoms in total. The monoisotopic (exact) mass is 1290 g/mol. The summed E-state index contributed by atoms with van der Waals surface area (Å²) in [4.78, 5) is 129. The minimum absolute atomic E-state index is 0.0826. The standard InChI is InChI=1S/C68H86ClN9O14/c1-42(2)62(73-56(79)20-7-5-13-29-77-58(81)26-27-59(77)82)65(85)72-50(18-11-12-28-70)64(84)71-45-24-22-43(23-25-45)41-91-67(87)61-48-36-55(54(89-4)37-49(48)66(86)76-30-15-19-51(76)63(61)83)90-35-14-6-8-21-57(80)78-40-44(39-69)60-47-17-10-9-16-46(47)53(38-52(60)78)92-68(88)75-33-31-74(3)32-34-75/h9-10,16-17,22-27,36-38,42,44,50-51,61-63,83H,5-8,11-15,18-21,28-35,39-41,70H2,1-4H3,(H,71,84)(H,72,85)(H,73,79)/t44-,50+,51-,61?,62+,63?/m1/s1. The Morgan fingerprint density at radius 1 is 0.783 bits per heavy atom. The second-order valence-electron chi connectivity index (χ2n) is 24.7. The number of piperazine rings is 1. The number of aliphatic hydroxyl groups is 1. The molecular weight excluding hydrogens is 1200 g/mol.